The normalized spacial score (nSPS) is 10.4. The molecule has 20 heavy (non-hydrogen) atoms. The van der Waals surface area contributed by atoms with Crippen molar-refractivity contribution in [3.63, 3.8) is 0 Å². The molecule has 4 nitrogen and oxygen atoms in total. The smallest absolute Gasteiger partial charge is 0.180 e. The van der Waals surface area contributed by atoms with E-state index in [1.807, 2.05) is 19.1 Å². The number of aryl methyl sites for hydroxylation is 1. The number of aromatic nitrogens is 1. The van der Waals surface area contributed by atoms with Crippen LogP contribution in [-0.4, -0.2) is 12.1 Å². The topological polar surface area (TPSA) is 57.4 Å². The number of methoxy groups -OCH3 is 1. The first-order valence-corrected chi connectivity index (χ1v) is 6.61. The van der Waals surface area contributed by atoms with Gasteiger partial charge in [-0.3, -0.25) is 4.98 Å². The lowest BCUT2D eigenvalue weighted by Gasteiger charge is -2.14. The number of hydrogen-bond donors (Lipinski definition) is 1. The average Bonchev–Trinajstić information content (AvgIpc) is 2.45. The minimum atomic E-state index is 0.382. The van der Waals surface area contributed by atoms with Crippen molar-refractivity contribution in [2.45, 2.75) is 20.1 Å². The third-order valence-corrected chi connectivity index (χ3v) is 3.12. The van der Waals surface area contributed by atoms with Crippen LogP contribution in [0.2, 0.25) is 5.02 Å². The molecule has 2 N–H and O–H groups in total. The van der Waals surface area contributed by atoms with Crippen molar-refractivity contribution in [3.05, 3.63) is 52.3 Å². The molecule has 0 aliphatic heterocycles. The maximum atomic E-state index is 6.21. The van der Waals surface area contributed by atoms with E-state index in [0.29, 0.717) is 29.7 Å². The number of ether oxygens (including phenoxy) is 2. The van der Waals surface area contributed by atoms with Crippen LogP contribution >= 0.6 is 11.6 Å². The van der Waals surface area contributed by atoms with Gasteiger partial charge in [-0.2, -0.15) is 0 Å². The zero-order valence-corrected chi connectivity index (χ0v) is 12.3. The quantitative estimate of drug-likeness (QED) is 0.920. The lowest BCUT2D eigenvalue weighted by atomic mass is 10.2. The largest absolute Gasteiger partial charge is 0.493 e. The predicted octanol–water partition coefficient (Wildman–Crippen LogP) is 3.09. The maximum Gasteiger partial charge on any atom is 0.180 e. The van der Waals surface area contributed by atoms with Crippen molar-refractivity contribution < 1.29 is 9.47 Å². The molecule has 0 fully saturated rings. The molecule has 2 rings (SSSR count). The van der Waals surface area contributed by atoms with Gasteiger partial charge >= 0.3 is 0 Å². The van der Waals surface area contributed by atoms with E-state index in [1.165, 1.54) is 0 Å². The van der Waals surface area contributed by atoms with Crippen LogP contribution in [0.3, 0.4) is 0 Å². The summed E-state index contributed by atoms with van der Waals surface area (Å²) < 4.78 is 11.1. The maximum absolute atomic E-state index is 6.21. The van der Waals surface area contributed by atoms with Crippen molar-refractivity contribution in [2.75, 3.05) is 7.11 Å². The van der Waals surface area contributed by atoms with Crippen LogP contribution in [0.25, 0.3) is 0 Å². The average molecular weight is 293 g/mol. The van der Waals surface area contributed by atoms with E-state index in [4.69, 9.17) is 26.8 Å². The fourth-order valence-corrected chi connectivity index (χ4v) is 2.17. The van der Waals surface area contributed by atoms with Gasteiger partial charge in [0.15, 0.2) is 11.5 Å². The summed E-state index contributed by atoms with van der Waals surface area (Å²) in [6, 6.07) is 5.63. The van der Waals surface area contributed by atoms with Gasteiger partial charge in [0.05, 0.1) is 12.1 Å². The van der Waals surface area contributed by atoms with Crippen LogP contribution < -0.4 is 15.2 Å². The molecule has 0 amide bonds. The number of nitrogens with two attached hydrogens (primary N) is 1. The summed E-state index contributed by atoms with van der Waals surface area (Å²) in [6.07, 6.45) is 3.56. The summed E-state index contributed by atoms with van der Waals surface area (Å²) in [5, 5.41) is 0.491. The fraction of sp³-hybridized carbons (Fsp3) is 0.267. The van der Waals surface area contributed by atoms with E-state index < -0.39 is 0 Å². The van der Waals surface area contributed by atoms with Gasteiger partial charge in [0, 0.05) is 24.5 Å². The van der Waals surface area contributed by atoms with Crippen LogP contribution in [0.1, 0.15) is 16.7 Å². The Morgan fingerprint density at radius 3 is 2.65 bits per heavy atom. The number of nitrogens with zero attached hydrogens (tertiary/aromatic N) is 1. The Morgan fingerprint density at radius 1 is 1.20 bits per heavy atom. The van der Waals surface area contributed by atoms with Gasteiger partial charge in [0.25, 0.3) is 0 Å². The summed E-state index contributed by atoms with van der Waals surface area (Å²) in [5.74, 6) is 1.10. The van der Waals surface area contributed by atoms with E-state index in [2.05, 4.69) is 4.98 Å². The van der Waals surface area contributed by atoms with E-state index in [0.717, 1.165) is 16.7 Å². The van der Waals surface area contributed by atoms with E-state index >= 15 is 0 Å². The van der Waals surface area contributed by atoms with E-state index in [-0.39, 0.29) is 0 Å². The Hall–Kier alpha value is -1.78. The van der Waals surface area contributed by atoms with Crippen molar-refractivity contribution >= 4 is 11.6 Å². The molecule has 0 unspecified atom stereocenters. The molecule has 0 radical (unpaired) electrons. The minimum Gasteiger partial charge on any atom is -0.493 e. The Morgan fingerprint density at radius 2 is 2.00 bits per heavy atom. The van der Waals surface area contributed by atoms with Crippen LogP contribution in [0.4, 0.5) is 0 Å². The molecule has 0 aliphatic carbocycles. The fourth-order valence-electron chi connectivity index (χ4n) is 1.88. The lowest BCUT2D eigenvalue weighted by molar-refractivity contribution is 0.284. The molecule has 2 aromatic rings. The molecule has 0 bridgehead atoms. The Balaban J connectivity index is 2.20. The van der Waals surface area contributed by atoms with E-state index in [9.17, 15) is 0 Å². The monoisotopic (exact) mass is 292 g/mol. The summed E-state index contributed by atoms with van der Waals surface area (Å²) >= 11 is 6.21. The molecule has 1 aromatic carbocycles. The lowest BCUT2D eigenvalue weighted by Crippen LogP contribution is -2.02. The standard InChI is InChI=1S/C15H17ClN2O2/c1-10-3-12(8-18-7-10)9-20-15-13(16)4-11(6-17)5-14(15)19-2/h3-5,7-8H,6,9,17H2,1-2H3. The molecule has 1 heterocycles. The van der Waals surface area contributed by atoms with Crippen molar-refractivity contribution in [3.8, 4) is 11.5 Å². The number of benzene rings is 1. The number of halogens is 1. The SMILES string of the molecule is COc1cc(CN)cc(Cl)c1OCc1cncc(C)c1. The number of rotatable bonds is 5. The van der Waals surface area contributed by atoms with Crippen molar-refractivity contribution in [1.82, 2.24) is 4.98 Å². The molecule has 0 spiro atoms. The number of pyridine rings is 1. The Labute approximate surface area is 123 Å². The highest BCUT2D eigenvalue weighted by molar-refractivity contribution is 6.32. The second kappa shape index (κ2) is 6.59. The van der Waals surface area contributed by atoms with Gasteiger partial charge in [-0.1, -0.05) is 11.6 Å². The van der Waals surface area contributed by atoms with Crippen molar-refractivity contribution in [2.24, 2.45) is 5.73 Å². The summed E-state index contributed by atoms with van der Waals surface area (Å²) in [7, 11) is 1.58. The second-order valence-electron chi connectivity index (χ2n) is 4.47. The minimum absolute atomic E-state index is 0.382. The van der Waals surface area contributed by atoms with E-state index in [1.54, 1.807) is 25.6 Å². The molecule has 1 aromatic heterocycles. The first kappa shape index (κ1) is 14.6. The Kier molecular flexibility index (Phi) is 4.82. The second-order valence-corrected chi connectivity index (χ2v) is 4.88. The first-order valence-electron chi connectivity index (χ1n) is 6.24. The Bertz CT molecular complexity index is 602. The molecule has 0 aliphatic rings. The van der Waals surface area contributed by atoms with Gasteiger partial charge in [-0.25, -0.2) is 0 Å². The highest BCUT2D eigenvalue weighted by atomic mass is 35.5. The van der Waals surface area contributed by atoms with Gasteiger partial charge < -0.3 is 15.2 Å². The summed E-state index contributed by atoms with van der Waals surface area (Å²) in [4.78, 5) is 4.13. The summed E-state index contributed by atoms with van der Waals surface area (Å²) in [5.41, 5.74) is 8.57. The first-order chi connectivity index (χ1) is 9.63. The highest BCUT2D eigenvalue weighted by Gasteiger charge is 2.12. The van der Waals surface area contributed by atoms with Crippen LogP contribution in [0, 0.1) is 6.92 Å². The molecule has 0 saturated carbocycles. The van der Waals surface area contributed by atoms with Crippen LogP contribution in [0.15, 0.2) is 30.6 Å². The molecule has 106 valence electrons. The van der Waals surface area contributed by atoms with Crippen LogP contribution in [0.5, 0.6) is 11.5 Å². The van der Waals surface area contributed by atoms with Gasteiger partial charge in [0.1, 0.15) is 6.61 Å². The zero-order valence-electron chi connectivity index (χ0n) is 11.5. The third-order valence-electron chi connectivity index (χ3n) is 2.84. The predicted molar refractivity (Wildman–Crippen MR) is 79.2 cm³/mol. The molecule has 5 heteroatoms. The zero-order chi connectivity index (χ0) is 14.5. The van der Waals surface area contributed by atoms with Gasteiger partial charge in [-0.05, 0) is 36.2 Å². The third kappa shape index (κ3) is 3.40. The highest BCUT2D eigenvalue weighted by Crippen LogP contribution is 2.36. The summed E-state index contributed by atoms with van der Waals surface area (Å²) in [6.45, 7) is 2.77. The molecular weight excluding hydrogens is 276 g/mol. The number of hydrogen-bond acceptors (Lipinski definition) is 4. The molecular formula is C15H17ClN2O2. The van der Waals surface area contributed by atoms with Gasteiger partial charge in [0.2, 0.25) is 0 Å². The van der Waals surface area contributed by atoms with Gasteiger partial charge in [-0.15, -0.1) is 0 Å². The van der Waals surface area contributed by atoms with Crippen LogP contribution in [-0.2, 0) is 13.2 Å². The molecule has 0 saturated heterocycles. The molecule has 0 atom stereocenters. The van der Waals surface area contributed by atoms with Crippen molar-refractivity contribution in [1.29, 1.82) is 0 Å².